The molecular weight excluding hydrogens is 212 g/mol. The van der Waals surface area contributed by atoms with Gasteiger partial charge in [-0.05, 0) is 45.6 Å². The first-order valence-electron chi connectivity index (χ1n) is 7.22. The van der Waals surface area contributed by atoms with Gasteiger partial charge >= 0.3 is 0 Å². The van der Waals surface area contributed by atoms with Crippen molar-refractivity contribution in [2.45, 2.75) is 57.7 Å². The predicted octanol–water partition coefficient (Wildman–Crippen LogP) is 1.87. The smallest absolute Gasteiger partial charge is 0.0699 e. The summed E-state index contributed by atoms with van der Waals surface area (Å²) in [6.45, 7) is 7.92. The van der Waals surface area contributed by atoms with Crippen LogP contribution in [0.4, 0.5) is 0 Å². The van der Waals surface area contributed by atoms with E-state index in [0.29, 0.717) is 18.2 Å². The van der Waals surface area contributed by atoms with Gasteiger partial charge in [-0.3, -0.25) is 0 Å². The van der Waals surface area contributed by atoms with Crippen LogP contribution in [0.5, 0.6) is 0 Å². The molecule has 0 spiro atoms. The molecule has 17 heavy (non-hydrogen) atoms. The van der Waals surface area contributed by atoms with E-state index in [9.17, 15) is 0 Å². The molecule has 2 saturated heterocycles. The van der Waals surface area contributed by atoms with E-state index in [0.717, 1.165) is 19.1 Å². The average Bonchev–Trinajstić information content (AvgIpc) is 2.33. The Morgan fingerprint density at radius 3 is 2.82 bits per heavy atom. The highest BCUT2D eigenvalue weighted by molar-refractivity contribution is 4.86. The molecule has 0 aromatic carbocycles. The Labute approximate surface area is 106 Å². The second-order valence-electron chi connectivity index (χ2n) is 6.00. The molecule has 0 amide bonds. The number of rotatable bonds is 3. The fraction of sp³-hybridized carbons (Fsp3) is 1.00. The lowest BCUT2D eigenvalue weighted by atomic mass is 9.89. The van der Waals surface area contributed by atoms with E-state index in [1.165, 1.54) is 32.2 Å². The molecule has 100 valence electrons. The molecule has 0 aromatic rings. The molecule has 3 nitrogen and oxygen atoms in total. The van der Waals surface area contributed by atoms with Gasteiger partial charge in [0.05, 0.1) is 6.10 Å². The summed E-state index contributed by atoms with van der Waals surface area (Å²) in [5.41, 5.74) is 0. The summed E-state index contributed by atoms with van der Waals surface area (Å²) >= 11 is 0. The van der Waals surface area contributed by atoms with Crippen molar-refractivity contribution in [3.8, 4) is 0 Å². The molecule has 2 rings (SSSR count). The standard InChI is InChI=1S/C14H28N2O/c1-11-10-16(3)12(2)8-14(11)15-9-13-6-4-5-7-17-13/h11-15H,4-10H2,1-3H3. The Bertz CT molecular complexity index is 228. The van der Waals surface area contributed by atoms with Crippen molar-refractivity contribution < 1.29 is 4.74 Å². The number of piperidine rings is 1. The second kappa shape index (κ2) is 6.17. The predicted molar refractivity (Wildman–Crippen MR) is 71.3 cm³/mol. The van der Waals surface area contributed by atoms with E-state index in [4.69, 9.17) is 4.74 Å². The Morgan fingerprint density at radius 1 is 1.29 bits per heavy atom. The molecule has 0 radical (unpaired) electrons. The summed E-state index contributed by atoms with van der Waals surface area (Å²) in [5, 5.41) is 3.74. The van der Waals surface area contributed by atoms with Crippen LogP contribution >= 0.6 is 0 Å². The largest absolute Gasteiger partial charge is 0.377 e. The molecule has 1 N–H and O–H groups in total. The van der Waals surface area contributed by atoms with Gasteiger partial charge in [0.25, 0.3) is 0 Å². The van der Waals surface area contributed by atoms with Crippen molar-refractivity contribution in [1.82, 2.24) is 10.2 Å². The zero-order valence-electron chi connectivity index (χ0n) is 11.6. The van der Waals surface area contributed by atoms with Crippen LogP contribution in [0.2, 0.25) is 0 Å². The number of nitrogens with zero attached hydrogens (tertiary/aromatic N) is 1. The van der Waals surface area contributed by atoms with E-state index in [2.05, 4.69) is 31.1 Å². The lowest BCUT2D eigenvalue weighted by Crippen LogP contribution is -2.52. The van der Waals surface area contributed by atoms with Gasteiger partial charge in [0.1, 0.15) is 0 Å². The quantitative estimate of drug-likeness (QED) is 0.815. The number of nitrogens with one attached hydrogen (secondary N) is 1. The van der Waals surface area contributed by atoms with Crippen LogP contribution in [0.15, 0.2) is 0 Å². The summed E-state index contributed by atoms with van der Waals surface area (Å²) in [7, 11) is 2.24. The number of likely N-dealkylation sites (tertiary alicyclic amines) is 1. The topological polar surface area (TPSA) is 24.5 Å². The molecule has 2 aliphatic heterocycles. The van der Waals surface area contributed by atoms with Crippen molar-refractivity contribution >= 4 is 0 Å². The highest BCUT2D eigenvalue weighted by Gasteiger charge is 2.29. The van der Waals surface area contributed by atoms with E-state index in [1.807, 2.05) is 0 Å². The van der Waals surface area contributed by atoms with Gasteiger partial charge in [-0.25, -0.2) is 0 Å². The normalized spacial score (nSPS) is 40.4. The van der Waals surface area contributed by atoms with Crippen LogP contribution in [0.3, 0.4) is 0 Å². The highest BCUT2D eigenvalue weighted by atomic mass is 16.5. The Morgan fingerprint density at radius 2 is 2.12 bits per heavy atom. The van der Waals surface area contributed by atoms with Crippen molar-refractivity contribution in [3.63, 3.8) is 0 Å². The Balaban J connectivity index is 1.74. The molecule has 2 fully saturated rings. The Hall–Kier alpha value is -0.120. The Kier molecular flexibility index (Phi) is 4.83. The summed E-state index contributed by atoms with van der Waals surface area (Å²) in [5.74, 6) is 0.750. The number of hydrogen-bond donors (Lipinski definition) is 1. The monoisotopic (exact) mass is 240 g/mol. The van der Waals surface area contributed by atoms with Crippen molar-refractivity contribution in [2.75, 3.05) is 26.7 Å². The number of ether oxygens (including phenoxy) is 1. The summed E-state index contributed by atoms with van der Waals surface area (Å²) in [6, 6.07) is 1.38. The van der Waals surface area contributed by atoms with Crippen molar-refractivity contribution in [2.24, 2.45) is 5.92 Å². The minimum atomic E-state index is 0.464. The van der Waals surface area contributed by atoms with Crippen LogP contribution in [0, 0.1) is 5.92 Å². The van der Waals surface area contributed by atoms with Gasteiger partial charge in [-0.15, -0.1) is 0 Å². The van der Waals surface area contributed by atoms with Crippen LogP contribution in [-0.2, 0) is 4.74 Å². The van der Waals surface area contributed by atoms with Crippen molar-refractivity contribution in [3.05, 3.63) is 0 Å². The van der Waals surface area contributed by atoms with Crippen LogP contribution in [0.25, 0.3) is 0 Å². The molecule has 2 heterocycles. The fourth-order valence-electron chi connectivity index (χ4n) is 3.08. The molecule has 0 aromatic heterocycles. The maximum atomic E-state index is 5.78. The van der Waals surface area contributed by atoms with E-state index in [-0.39, 0.29) is 0 Å². The third kappa shape index (κ3) is 3.67. The third-order valence-electron chi connectivity index (χ3n) is 4.49. The minimum Gasteiger partial charge on any atom is -0.377 e. The van der Waals surface area contributed by atoms with Gasteiger partial charge < -0.3 is 15.0 Å². The second-order valence-corrected chi connectivity index (χ2v) is 6.00. The fourth-order valence-corrected chi connectivity index (χ4v) is 3.08. The van der Waals surface area contributed by atoms with Gasteiger partial charge in [0.2, 0.25) is 0 Å². The molecule has 0 aliphatic carbocycles. The SMILES string of the molecule is CC1CN(C)C(C)CC1NCC1CCCCO1. The average molecular weight is 240 g/mol. The van der Waals surface area contributed by atoms with Gasteiger partial charge in [0.15, 0.2) is 0 Å². The van der Waals surface area contributed by atoms with Gasteiger partial charge in [-0.2, -0.15) is 0 Å². The highest BCUT2D eigenvalue weighted by Crippen LogP contribution is 2.21. The molecule has 4 atom stereocenters. The summed E-state index contributed by atoms with van der Waals surface area (Å²) < 4.78 is 5.78. The van der Waals surface area contributed by atoms with E-state index >= 15 is 0 Å². The lowest BCUT2D eigenvalue weighted by Gasteiger charge is -2.40. The third-order valence-corrected chi connectivity index (χ3v) is 4.49. The van der Waals surface area contributed by atoms with Crippen molar-refractivity contribution in [1.29, 1.82) is 0 Å². The van der Waals surface area contributed by atoms with E-state index in [1.54, 1.807) is 0 Å². The minimum absolute atomic E-state index is 0.464. The molecular formula is C14H28N2O. The molecule has 4 unspecified atom stereocenters. The summed E-state index contributed by atoms with van der Waals surface area (Å²) in [4.78, 5) is 2.47. The first-order valence-corrected chi connectivity index (χ1v) is 7.22. The number of hydrogen-bond acceptors (Lipinski definition) is 3. The molecule has 2 aliphatic rings. The zero-order chi connectivity index (χ0) is 12.3. The molecule has 0 saturated carbocycles. The van der Waals surface area contributed by atoms with Gasteiger partial charge in [-0.1, -0.05) is 6.92 Å². The van der Waals surface area contributed by atoms with Gasteiger partial charge in [0, 0.05) is 31.8 Å². The van der Waals surface area contributed by atoms with E-state index < -0.39 is 0 Å². The lowest BCUT2D eigenvalue weighted by molar-refractivity contribution is 0.0108. The van der Waals surface area contributed by atoms with Crippen LogP contribution in [-0.4, -0.2) is 49.8 Å². The molecule has 0 bridgehead atoms. The summed E-state index contributed by atoms with van der Waals surface area (Å²) in [6.07, 6.45) is 5.56. The zero-order valence-corrected chi connectivity index (χ0v) is 11.6. The first-order chi connectivity index (χ1) is 8.16. The molecule has 3 heteroatoms. The maximum absolute atomic E-state index is 5.78. The first kappa shape index (κ1) is 13.3. The van der Waals surface area contributed by atoms with Crippen LogP contribution < -0.4 is 5.32 Å². The van der Waals surface area contributed by atoms with Crippen LogP contribution in [0.1, 0.15) is 39.5 Å². The maximum Gasteiger partial charge on any atom is 0.0699 e.